The van der Waals surface area contributed by atoms with Crippen LogP contribution in [-0.4, -0.2) is 32.4 Å². The summed E-state index contributed by atoms with van der Waals surface area (Å²) in [5, 5.41) is 2.12. The van der Waals surface area contributed by atoms with Crippen LogP contribution in [0.5, 0.6) is 28.7 Å². The summed E-state index contributed by atoms with van der Waals surface area (Å²) in [6.07, 6.45) is 1.80. The number of hydrogen-bond donors (Lipinski definition) is 1. The van der Waals surface area contributed by atoms with E-state index in [4.69, 9.17) is 23.7 Å². The average Bonchev–Trinajstić information content (AvgIpc) is 3.35. The number of hydrazine groups is 1. The second kappa shape index (κ2) is 9.80. The summed E-state index contributed by atoms with van der Waals surface area (Å²) < 4.78 is 29.1. The first-order valence-corrected chi connectivity index (χ1v) is 11.8. The molecule has 0 bridgehead atoms. The van der Waals surface area contributed by atoms with Crippen LogP contribution in [0.3, 0.4) is 0 Å². The molecule has 35 heavy (non-hydrogen) atoms. The number of rotatable bonds is 8. The van der Waals surface area contributed by atoms with Crippen molar-refractivity contribution >= 4 is 5.70 Å². The molecule has 0 fully saturated rings. The average molecular weight is 475 g/mol. The Morgan fingerprint density at radius 2 is 1.63 bits per heavy atom. The molecule has 2 heterocycles. The van der Waals surface area contributed by atoms with E-state index >= 15 is 0 Å². The van der Waals surface area contributed by atoms with Crippen LogP contribution in [0, 0.1) is 0 Å². The molecule has 7 heteroatoms. The Hall–Kier alpha value is -3.84. The first-order chi connectivity index (χ1) is 17.2. The van der Waals surface area contributed by atoms with Crippen LogP contribution in [-0.2, 0) is 0 Å². The van der Waals surface area contributed by atoms with Crippen LogP contribution >= 0.6 is 0 Å². The first-order valence-electron chi connectivity index (χ1n) is 11.8. The zero-order valence-corrected chi connectivity index (χ0v) is 20.4. The SMILES string of the molecule is CCOc1ccc(C2=CC3c4cccc(OCC)c4OC(c4ccc(OC)c(OC)c4)N3N2)cc1. The fraction of sp³-hybridized carbons (Fsp3) is 0.286. The van der Waals surface area contributed by atoms with Gasteiger partial charge in [0.2, 0.25) is 0 Å². The van der Waals surface area contributed by atoms with Crippen LogP contribution in [0.25, 0.3) is 5.70 Å². The fourth-order valence-corrected chi connectivity index (χ4v) is 4.55. The summed E-state index contributed by atoms with van der Waals surface area (Å²) in [5.74, 6) is 3.65. The summed E-state index contributed by atoms with van der Waals surface area (Å²) >= 11 is 0. The van der Waals surface area contributed by atoms with Crippen LogP contribution < -0.4 is 29.1 Å². The number of ether oxygens (including phenoxy) is 5. The Balaban J connectivity index is 1.56. The number of hydrogen-bond acceptors (Lipinski definition) is 7. The lowest BCUT2D eigenvalue weighted by molar-refractivity contribution is -0.0347. The maximum Gasteiger partial charge on any atom is 0.196 e. The Morgan fingerprint density at radius 1 is 0.857 bits per heavy atom. The van der Waals surface area contributed by atoms with Gasteiger partial charge in [-0.2, -0.15) is 5.01 Å². The molecule has 1 N–H and O–H groups in total. The topological polar surface area (TPSA) is 61.4 Å². The minimum absolute atomic E-state index is 0.0566. The third kappa shape index (κ3) is 4.23. The zero-order chi connectivity index (χ0) is 24.4. The van der Waals surface area contributed by atoms with Gasteiger partial charge in [0.05, 0.1) is 39.2 Å². The highest BCUT2D eigenvalue weighted by Gasteiger charge is 2.41. The Kier molecular flexibility index (Phi) is 6.42. The summed E-state index contributed by atoms with van der Waals surface area (Å²) in [5.41, 5.74) is 7.62. The quantitative estimate of drug-likeness (QED) is 0.463. The van der Waals surface area contributed by atoms with Gasteiger partial charge in [0.25, 0.3) is 0 Å². The van der Waals surface area contributed by atoms with E-state index < -0.39 is 6.23 Å². The maximum atomic E-state index is 6.61. The molecule has 2 atom stereocenters. The molecule has 182 valence electrons. The van der Waals surface area contributed by atoms with Crippen molar-refractivity contribution in [2.75, 3.05) is 27.4 Å². The summed E-state index contributed by atoms with van der Waals surface area (Å²) in [4.78, 5) is 0. The monoisotopic (exact) mass is 474 g/mol. The molecule has 2 unspecified atom stereocenters. The van der Waals surface area contributed by atoms with Crippen molar-refractivity contribution in [3.05, 3.63) is 83.4 Å². The van der Waals surface area contributed by atoms with E-state index in [2.05, 4.69) is 34.7 Å². The second-order valence-corrected chi connectivity index (χ2v) is 8.19. The van der Waals surface area contributed by atoms with Gasteiger partial charge in [0.1, 0.15) is 5.75 Å². The standard InChI is InChI=1S/C28H30N2O5/c1-5-33-20-13-10-18(11-14-20)22-17-23-21-8-7-9-25(34-6-2)27(21)35-28(30(23)29-22)19-12-15-24(31-3)26(16-19)32-4/h7-17,23,28-29H,5-6H2,1-4H3. The number of para-hydroxylation sites is 1. The van der Waals surface area contributed by atoms with Crippen molar-refractivity contribution < 1.29 is 23.7 Å². The molecule has 2 aliphatic rings. The third-order valence-corrected chi connectivity index (χ3v) is 6.15. The normalized spacial score (nSPS) is 18.5. The van der Waals surface area contributed by atoms with Crippen molar-refractivity contribution in [1.29, 1.82) is 0 Å². The molecule has 3 aromatic carbocycles. The van der Waals surface area contributed by atoms with Crippen molar-refractivity contribution in [3.63, 3.8) is 0 Å². The predicted molar refractivity (Wildman–Crippen MR) is 134 cm³/mol. The molecule has 3 aromatic rings. The highest BCUT2D eigenvalue weighted by atomic mass is 16.5. The molecule has 0 aliphatic carbocycles. The van der Waals surface area contributed by atoms with E-state index in [1.165, 1.54) is 0 Å². The Morgan fingerprint density at radius 3 is 2.34 bits per heavy atom. The van der Waals surface area contributed by atoms with Gasteiger partial charge in [0.15, 0.2) is 29.2 Å². The summed E-state index contributed by atoms with van der Waals surface area (Å²) in [6.45, 7) is 5.15. The maximum absolute atomic E-state index is 6.61. The van der Waals surface area contributed by atoms with E-state index in [9.17, 15) is 0 Å². The van der Waals surface area contributed by atoms with Crippen LogP contribution in [0.2, 0.25) is 0 Å². The number of benzene rings is 3. The predicted octanol–water partition coefficient (Wildman–Crippen LogP) is 5.49. The van der Waals surface area contributed by atoms with Crippen LogP contribution in [0.1, 0.15) is 42.8 Å². The van der Waals surface area contributed by atoms with Crippen molar-refractivity contribution in [3.8, 4) is 28.7 Å². The molecule has 0 amide bonds. The van der Waals surface area contributed by atoms with E-state index in [-0.39, 0.29) is 6.04 Å². The Labute approximate surface area is 205 Å². The number of nitrogens with zero attached hydrogens (tertiary/aromatic N) is 1. The van der Waals surface area contributed by atoms with Gasteiger partial charge in [0, 0.05) is 11.1 Å². The minimum Gasteiger partial charge on any atom is -0.494 e. The van der Waals surface area contributed by atoms with E-state index in [1.807, 2.05) is 56.3 Å². The lowest BCUT2D eigenvalue weighted by Gasteiger charge is -2.39. The molecule has 2 aliphatic heterocycles. The summed E-state index contributed by atoms with van der Waals surface area (Å²) in [6, 6.07) is 19.9. The highest BCUT2D eigenvalue weighted by Crippen LogP contribution is 2.50. The summed E-state index contributed by atoms with van der Waals surface area (Å²) in [7, 11) is 3.26. The van der Waals surface area contributed by atoms with Crippen molar-refractivity contribution in [2.24, 2.45) is 0 Å². The zero-order valence-electron chi connectivity index (χ0n) is 20.4. The van der Waals surface area contributed by atoms with E-state index in [0.717, 1.165) is 39.6 Å². The minimum atomic E-state index is -0.426. The largest absolute Gasteiger partial charge is 0.494 e. The smallest absolute Gasteiger partial charge is 0.196 e. The number of nitrogens with one attached hydrogen (secondary N) is 1. The molecular weight excluding hydrogens is 444 g/mol. The number of methoxy groups -OCH3 is 2. The molecule has 5 rings (SSSR count). The van der Waals surface area contributed by atoms with Gasteiger partial charge in [-0.25, -0.2) is 0 Å². The van der Waals surface area contributed by atoms with Gasteiger partial charge >= 0.3 is 0 Å². The van der Waals surface area contributed by atoms with Crippen LogP contribution in [0.4, 0.5) is 0 Å². The lowest BCUT2D eigenvalue weighted by atomic mass is 10.00. The Bertz CT molecular complexity index is 1220. The van der Waals surface area contributed by atoms with E-state index in [1.54, 1.807) is 14.2 Å². The van der Waals surface area contributed by atoms with Crippen molar-refractivity contribution in [2.45, 2.75) is 26.1 Å². The van der Waals surface area contributed by atoms with E-state index in [0.29, 0.717) is 24.7 Å². The van der Waals surface area contributed by atoms with Crippen molar-refractivity contribution in [1.82, 2.24) is 10.4 Å². The third-order valence-electron chi connectivity index (χ3n) is 6.15. The molecule has 0 saturated carbocycles. The number of fused-ring (bicyclic) bond motifs is 3. The van der Waals surface area contributed by atoms with Crippen LogP contribution in [0.15, 0.2) is 66.7 Å². The van der Waals surface area contributed by atoms with Gasteiger partial charge in [-0.1, -0.05) is 12.1 Å². The van der Waals surface area contributed by atoms with Gasteiger partial charge in [-0.3, -0.25) is 0 Å². The fourth-order valence-electron chi connectivity index (χ4n) is 4.55. The highest BCUT2D eigenvalue weighted by molar-refractivity contribution is 5.68. The molecular formula is C28H30N2O5. The molecule has 0 spiro atoms. The van der Waals surface area contributed by atoms with Gasteiger partial charge in [-0.15, -0.1) is 0 Å². The molecule has 0 radical (unpaired) electrons. The first kappa shape index (κ1) is 22.9. The van der Waals surface area contributed by atoms with Gasteiger partial charge < -0.3 is 29.1 Å². The second-order valence-electron chi connectivity index (χ2n) is 8.19. The van der Waals surface area contributed by atoms with Gasteiger partial charge in [-0.05, 0) is 74.0 Å². The molecule has 7 nitrogen and oxygen atoms in total. The lowest BCUT2D eigenvalue weighted by Crippen LogP contribution is -2.43. The molecule has 0 saturated heterocycles. The molecule has 0 aromatic heterocycles.